The molecular formula is C21H27ClN2O4S. The van der Waals surface area contributed by atoms with Crippen LogP contribution < -0.4 is 14.4 Å². The lowest BCUT2D eigenvalue weighted by molar-refractivity contribution is -0.122. The van der Waals surface area contributed by atoms with Gasteiger partial charge in [-0.2, -0.15) is 0 Å². The maximum Gasteiger partial charge on any atom is 0.244 e. The van der Waals surface area contributed by atoms with Gasteiger partial charge in [0.2, 0.25) is 15.9 Å². The molecule has 0 fully saturated rings. The molecule has 0 bridgehead atoms. The molecule has 8 heteroatoms. The summed E-state index contributed by atoms with van der Waals surface area (Å²) >= 11 is 5.91. The molecule has 29 heavy (non-hydrogen) atoms. The number of ether oxygens (including phenoxy) is 1. The van der Waals surface area contributed by atoms with Gasteiger partial charge in [-0.25, -0.2) is 8.42 Å². The van der Waals surface area contributed by atoms with E-state index in [9.17, 15) is 13.2 Å². The lowest BCUT2D eigenvalue weighted by Crippen LogP contribution is -2.48. The van der Waals surface area contributed by atoms with Crippen molar-refractivity contribution in [1.82, 2.24) is 5.32 Å². The third-order valence-corrected chi connectivity index (χ3v) is 6.21. The molecule has 0 saturated heterocycles. The molecule has 1 N–H and O–H groups in total. The number of amides is 1. The van der Waals surface area contributed by atoms with Crippen LogP contribution in [0.3, 0.4) is 0 Å². The average molecular weight is 439 g/mol. The van der Waals surface area contributed by atoms with E-state index in [1.54, 1.807) is 38.3 Å². The van der Waals surface area contributed by atoms with Crippen molar-refractivity contribution in [2.45, 2.75) is 39.3 Å². The van der Waals surface area contributed by atoms with E-state index in [0.29, 0.717) is 17.1 Å². The standard InChI is InChI=1S/C21H27ClN2O4S/c1-6-19(16-7-12-20(28-4)14(2)13-16)23-21(25)15(3)24(29(5,26)27)18-10-8-17(22)9-11-18/h7-13,15,19H,6H2,1-5H3,(H,23,25)/t15-,19+/m1/s1. The second kappa shape index (κ2) is 9.50. The summed E-state index contributed by atoms with van der Waals surface area (Å²) in [5.74, 6) is 0.389. The predicted molar refractivity (Wildman–Crippen MR) is 117 cm³/mol. The first-order chi connectivity index (χ1) is 13.6. The number of anilines is 1. The molecule has 0 unspecified atom stereocenters. The minimum Gasteiger partial charge on any atom is -0.496 e. The molecule has 2 atom stereocenters. The molecule has 1 amide bonds. The van der Waals surface area contributed by atoms with Gasteiger partial charge < -0.3 is 10.1 Å². The molecule has 158 valence electrons. The molecule has 0 aliphatic rings. The Kier molecular flexibility index (Phi) is 7.54. The number of nitrogens with one attached hydrogen (secondary N) is 1. The summed E-state index contributed by atoms with van der Waals surface area (Å²) in [6, 6.07) is 10.9. The first-order valence-electron chi connectivity index (χ1n) is 9.28. The lowest BCUT2D eigenvalue weighted by Gasteiger charge is -2.30. The molecule has 0 aliphatic carbocycles. The van der Waals surface area contributed by atoms with Crippen LogP contribution in [0.4, 0.5) is 5.69 Å². The summed E-state index contributed by atoms with van der Waals surface area (Å²) < 4.78 is 31.2. The van der Waals surface area contributed by atoms with Crippen molar-refractivity contribution in [2.75, 3.05) is 17.7 Å². The Balaban J connectivity index is 2.28. The predicted octanol–water partition coefficient (Wildman–Crippen LogP) is 4.08. The minimum absolute atomic E-state index is 0.249. The van der Waals surface area contributed by atoms with Crippen molar-refractivity contribution in [2.24, 2.45) is 0 Å². The molecular weight excluding hydrogens is 412 g/mol. The number of methoxy groups -OCH3 is 1. The highest BCUT2D eigenvalue weighted by Crippen LogP contribution is 2.26. The van der Waals surface area contributed by atoms with Gasteiger partial charge in [0.05, 0.1) is 25.1 Å². The summed E-state index contributed by atoms with van der Waals surface area (Å²) in [6.45, 7) is 5.46. The number of hydrogen-bond acceptors (Lipinski definition) is 4. The minimum atomic E-state index is -3.69. The number of hydrogen-bond donors (Lipinski definition) is 1. The topological polar surface area (TPSA) is 75.7 Å². The first kappa shape index (κ1) is 23.0. The maximum absolute atomic E-state index is 13.0. The van der Waals surface area contributed by atoms with Crippen molar-refractivity contribution in [1.29, 1.82) is 0 Å². The molecule has 0 aromatic heterocycles. The number of aryl methyl sites for hydroxylation is 1. The van der Waals surface area contributed by atoms with Crippen LogP contribution in [-0.4, -0.2) is 33.7 Å². The van der Waals surface area contributed by atoms with E-state index < -0.39 is 16.1 Å². The van der Waals surface area contributed by atoms with Crippen molar-refractivity contribution in [3.63, 3.8) is 0 Å². The quantitative estimate of drug-likeness (QED) is 0.673. The molecule has 0 aliphatic heterocycles. The monoisotopic (exact) mass is 438 g/mol. The van der Waals surface area contributed by atoms with E-state index in [1.165, 1.54) is 0 Å². The van der Waals surface area contributed by atoms with Crippen LogP contribution in [0.1, 0.15) is 37.4 Å². The average Bonchev–Trinajstić information content (AvgIpc) is 2.66. The van der Waals surface area contributed by atoms with Crippen molar-refractivity contribution in [3.05, 3.63) is 58.6 Å². The van der Waals surface area contributed by atoms with Crippen LogP contribution in [0, 0.1) is 6.92 Å². The fourth-order valence-electron chi connectivity index (χ4n) is 3.23. The molecule has 2 aromatic carbocycles. The Hall–Kier alpha value is -2.25. The van der Waals surface area contributed by atoms with Crippen LogP contribution in [0.5, 0.6) is 5.75 Å². The molecule has 6 nitrogen and oxygen atoms in total. The highest BCUT2D eigenvalue weighted by atomic mass is 35.5. The number of carbonyl (C=O) groups excluding carboxylic acids is 1. The van der Waals surface area contributed by atoms with Gasteiger partial charge in [-0.3, -0.25) is 9.10 Å². The fraction of sp³-hybridized carbons (Fsp3) is 0.381. The van der Waals surface area contributed by atoms with Gasteiger partial charge in [-0.05, 0) is 61.7 Å². The highest BCUT2D eigenvalue weighted by Gasteiger charge is 2.30. The Morgan fingerprint density at radius 1 is 1.21 bits per heavy atom. The Labute approximate surface area is 177 Å². The highest BCUT2D eigenvalue weighted by molar-refractivity contribution is 7.92. The summed E-state index contributed by atoms with van der Waals surface area (Å²) in [5, 5.41) is 3.46. The third kappa shape index (κ3) is 5.64. The molecule has 2 rings (SSSR count). The number of rotatable bonds is 8. The van der Waals surface area contributed by atoms with Crippen molar-refractivity contribution in [3.8, 4) is 5.75 Å². The molecule has 0 saturated carbocycles. The summed E-state index contributed by atoms with van der Waals surface area (Å²) in [7, 11) is -2.07. The Morgan fingerprint density at radius 3 is 2.31 bits per heavy atom. The number of sulfonamides is 1. The zero-order valence-corrected chi connectivity index (χ0v) is 18.8. The summed E-state index contributed by atoms with van der Waals surface area (Å²) in [4.78, 5) is 13.0. The smallest absolute Gasteiger partial charge is 0.244 e. The first-order valence-corrected chi connectivity index (χ1v) is 11.5. The van der Waals surface area contributed by atoms with Crippen LogP contribution in [-0.2, 0) is 14.8 Å². The molecule has 2 aromatic rings. The van der Waals surface area contributed by atoms with E-state index in [2.05, 4.69) is 5.32 Å². The zero-order valence-electron chi connectivity index (χ0n) is 17.3. The second-order valence-corrected chi connectivity index (χ2v) is 9.21. The SMILES string of the molecule is CC[C@H](NC(=O)[C@@H](C)N(c1ccc(Cl)cc1)S(C)(=O)=O)c1ccc(OC)c(C)c1. The van der Waals surface area contributed by atoms with E-state index in [-0.39, 0.29) is 11.9 Å². The van der Waals surface area contributed by atoms with Crippen molar-refractivity contribution >= 4 is 33.2 Å². The largest absolute Gasteiger partial charge is 0.496 e. The summed E-state index contributed by atoms with van der Waals surface area (Å²) in [5.41, 5.74) is 2.28. The van der Waals surface area contributed by atoms with Gasteiger partial charge in [0.25, 0.3) is 0 Å². The number of carbonyl (C=O) groups is 1. The second-order valence-electron chi connectivity index (χ2n) is 6.91. The molecule has 0 heterocycles. The zero-order chi connectivity index (χ0) is 21.8. The van der Waals surface area contributed by atoms with Crippen LogP contribution in [0.15, 0.2) is 42.5 Å². The van der Waals surface area contributed by atoms with E-state index in [0.717, 1.165) is 27.4 Å². The third-order valence-electron chi connectivity index (χ3n) is 4.72. The van der Waals surface area contributed by atoms with Crippen LogP contribution in [0.2, 0.25) is 5.02 Å². The molecule has 0 radical (unpaired) electrons. The van der Waals surface area contributed by atoms with Crippen LogP contribution in [0.25, 0.3) is 0 Å². The number of halogens is 1. The van der Waals surface area contributed by atoms with Gasteiger partial charge in [-0.1, -0.05) is 30.7 Å². The molecule has 0 spiro atoms. The van der Waals surface area contributed by atoms with Gasteiger partial charge >= 0.3 is 0 Å². The number of benzene rings is 2. The van der Waals surface area contributed by atoms with E-state index in [4.69, 9.17) is 16.3 Å². The lowest BCUT2D eigenvalue weighted by atomic mass is 10.0. The van der Waals surface area contributed by atoms with Crippen LogP contribution >= 0.6 is 11.6 Å². The van der Waals surface area contributed by atoms with Gasteiger partial charge in [0.15, 0.2) is 0 Å². The Morgan fingerprint density at radius 2 is 1.83 bits per heavy atom. The van der Waals surface area contributed by atoms with E-state index >= 15 is 0 Å². The maximum atomic E-state index is 13.0. The summed E-state index contributed by atoms with van der Waals surface area (Å²) in [6.07, 6.45) is 1.74. The number of nitrogens with zero attached hydrogens (tertiary/aromatic N) is 1. The Bertz CT molecular complexity index is 961. The van der Waals surface area contributed by atoms with Gasteiger partial charge in [0, 0.05) is 5.02 Å². The van der Waals surface area contributed by atoms with Gasteiger partial charge in [0.1, 0.15) is 11.8 Å². The van der Waals surface area contributed by atoms with Gasteiger partial charge in [-0.15, -0.1) is 0 Å². The van der Waals surface area contributed by atoms with E-state index in [1.807, 2.05) is 32.0 Å². The fourth-order valence-corrected chi connectivity index (χ4v) is 4.53. The van der Waals surface area contributed by atoms with Crippen molar-refractivity contribution < 1.29 is 17.9 Å². The normalized spacial score (nSPS) is 13.4.